The Balaban J connectivity index is -0.0000000733. The number of halogens is 4. The molecule has 0 amide bonds. The summed E-state index contributed by atoms with van der Waals surface area (Å²) in [5.74, 6) is 0. The Morgan fingerprint density at radius 2 is 1.41 bits per heavy atom. The van der Waals surface area contributed by atoms with Crippen LogP contribution >= 0.6 is 0 Å². The summed E-state index contributed by atoms with van der Waals surface area (Å²) in [6.45, 7) is 17.4. The molecule has 0 saturated carbocycles. The van der Waals surface area contributed by atoms with Crippen LogP contribution in [-0.2, 0) is 39.0 Å². The Morgan fingerprint density at radius 1 is 1.09 bits per heavy atom. The van der Waals surface area contributed by atoms with Crippen molar-refractivity contribution in [3.63, 3.8) is 0 Å². The zero-order valence-corrected chi connectivity index (χ0v) is 12.9. The fraction of sp³-hybridized carbons (Fsp3) is 0.364. The number of methoxy groups -OCH3 is 1. The molecule has 0 N–H and O–H groups in total. The van der Waals surface area contributed by atoms with Gasteiger partial charge in [0.25, 0.3) is 0 Å². The number of rotatable bonds is 6. The third kappa shape index (κ3) is 74.7. The average molecular weight is 368 g/mol. The predicted octanol–water partition coefficient (Wildman–Crippen LogP) is 2.49. The van der Waals surface area contributed by atoms with Crippen LogP contribution in [0.1, 0.15) is 13.8 Å². The molecular weight excluding hydrogens is 355 g/mol. The molecule has 126 valence electrons. The summed E-state index contributed by atoms with van der Waals surface area (Å²) in [4.78, 5) is 0.346. The van der Waals surface area contributed by atoms with Crippen LogP contribution < -0.4 is 0 Å². The molecule has 0 heterocycles. The molecule has 0 aromatic carbocycles. The molecule has 22 heavy (non-hydrogen) atoms. The quantitative estimate of drug-likeness (QED) is 0.313. The molecule has 0 fully saturated rings. The molecule has 0 aromatic heterocycles. The van der Waals surface area contributed by atoms with Gasteiger partial charge in [-0.05, 0) is 0 Å². The third-order valence-electron chi connectivity index (χ3n) is 1.01. The van der Waals surface area contributed by atoms with Crippen molar-refractivity contribution in [3.8, 4) is 0 Å². The van der Waals surface area contributed by atoms with E-state index in [9.17, 15) is 17.3 Å². The van der Waals surface area contributed by atoms with Gasteiger partial charge in [0.15, 0.2) is 0 Å². The van der Waals surface area contributed by atoms with Crippen molar-refractivity contribution in [2.45, 2.75) is 20.0 Å². The van der Waals surface area contributed by atoms with E-state index in [-0.39, 0.29) is 6.10 Å². The van der Waals surface area contributed by atoms with Crippen LogP contribution in [0.15, 0.2) is 0 Å². The molecule has 0 bridgehead atoms. The van der Waals surface area contributed by atoms with Crippen LogP contribution in [0.4, 0.5) is 17.3 Å². The molecule has 0 aromatic rings. The predicted molar refractivity (Wildman–Crippen MR) is 63.1 cm³/mol. The van der Waals surface area contributed by atoms with Crippen molar-refractivity contribution in [1.82, 2.24) is 0 Å². The molecular formula is C11H13BF4FeO5. The third-order valence-corrected chi connectivity index (χ3v) is 1.36. The SMILES string of the molecule is C[CH][CH][CH][C@@H](C)O[C](=[Fe+])OC.F[B-](F)(F)F.[C-]#[O+].[C-]#[O+].[C-]#[O+]. The van der Waals surface area contributed by atoms with Crippen molar-refractivity contribution < 1.29 is 56.3 Å². The summed E-state index contributed by atoms with van der Waals surface area (Å²) in [6, 6.07) is 0. The fourth-order valence-corrected chi connectivity index (χ4v) is 0.702. The number of unbranched alkanes of at least 4 members (excludes halogenated alkanes) is 1. The maximum absolute atomic E-state index is 9.75. The van der Waals surface area contributed by atoms with Crippen LogP contribution in [0.25, 0.3) is 0 Å². The van der Waals surface area contributed by atoms with Crippen LogP contribution in [0, 0.1) is 39.2 Å². The normalized spacial score (nSPS) is 9.50. The van der Waals surface area contributed by atoms with Gasteiger partial charge < -0.3 is 17.3 Å². The van der Waals surface area contributed by atoms with Crippen LogP contribution in [0.2, 0.25) is 0 Å². The van der Waals surface area contributed by atoms with E-state index in [4.69, 9.17) is 23.4 Å². The van der Waals surface area contributed by atoms with Crippen LogP contribution in [-0.4, -0.2) is 25.3 Å². The van der Waals surface area contributed by atoms with Gasteiger partial charge in [-0.25, -0.2) is 0 Å². The van der Waals surface area contributed by atoms with Gasteiger partial charge >= 0.3 is 117 Å². The van der Waals surface area contributed by atoms with Gasteiger partial charge in [-0.2, -0.15) is 0 Å². The molecule has 0 rings (SSSR count). The van der Waals surface area contributed by atoms with Crippen molar-refractivity contribution in [2.75, 3.05) is 7.11 Å². The van der Waals surface area contributed by atoms with E-state index in [1.165, 1.54) is 7.11 Å². The molecule has 1 atom stereocenters. The number of hydrogen-bond donors (Lipinski definition) is 0. The average Bonchev–Trinajstić information content (AvgIpc) is 2.49. The van der Waals surface area contributed by atoms with Crippen molar-refractivity contribution in [1.29, 1.82) is 0 Å². The van der Waals surface area contributed by atoms with E-state index >= 15 is 0 Å². The summed E-state index contributed by atoms with van der Waals surface area (Å²) in [5, 5.41) is 0. The topological polar surface area (TPSA) is 78.2 Å². The van der Waals surface area contributed by atoms with Gasteiger partial charge in [0.2, 0.25) is 0 Å². The van der Waals surface area contributed by atoms with E-state index in [0.29, 0.717) is 4.79 Å². The van der Waals surface area contributed by atoms with Crippen LogP contribution in [0.5, 0.6) is 0 Å². The van der Waals surface area contributed by atoms with Gasteiger partial charge in [-0.15, -0.1) is 0 Å². The first-order valence-electron chi connectivity index (χ1n) is 4.87. The summed E-state index contributed by atoms with van der Waals surface area (Å²) in [7, 11) is -4.47. The second-order valence-electron chi connectivity index (χ2n) is 2.47. The Labute approximate surface area is 135 Å². The van der Waals surface area contributed by atoms with Gasteiger partial charge in [0, 0.05) is 0 Å². The first-order chi connectivity index (χ1) is 10.2. The van der Waals surface area contributed by atoms with Gasteiger partial charge in [0.1, 0.15) is 0 Å². The van der Waals surface area contributed by atoms with Crippen molar-refractivity contribution in [3.05, 3.63) is 39.2 Å². The van der Waals surface area contributed by atoms with Crippen molar-refractivity contribution in [2.24, 2.45) is 0 Å². The minimum atomic E-state index is -6.00. The molecule has 0 aliphatic heterocycles. The maximum atomic E-state index is 9.75. The summed E-state index contributed by atoms with van der Waals surface area (Å²) < 4.78 is 71.4. The Kier molecular flexibility index (Phi) is 42.8. The van der Waals surface area contributed by atoms with E-state index in [0.717, 1.165) is 0 Å². The number of hydrogen-bond acceptors (Lipinski definition) is 2. The molecule has 0 saturated heterocycles. The van der Waals surface area contributed by atoms with Crippen LogP contribution in [0.3, 0.4) is 0 Å². The molecule has 0 spiro atoms. The Bertz CT molecular complexity index is 274. The zero-order valence-electron chi connectivity index (χ0n) is 11.8. The van der Waals surface area contributed by atoms with Gasteiger partial charge in [-0.3, -0.25) is 0 Å². The molecule has 0 aliphatic carbocycles. The van der Waals surface area contributed by atoms with E-state index in [1.54, 1.807) is 0 Å². The standard InChI is InChI=1S/C8H13O2.3CO.BF4.Fe/c1-4-5-6-8(2)10-7-9-3;3*1-2;2-1(3,4)5;/h4-6,8H,1-3H3;;;;;/q;;;;-1;+1/t8-;;;;;/m1...../s1. The number of ether oxygens (including phenoxy) is 2. The van der Waals surface area contributed by atoms with Gasteiger partial charge in [-0.1, -0.05) is 0 Å². The van der Waals surface area contributed by atoms with Gasteiger partial charge in [0.05, 0.1) is 0 Å². The summed E-state index contributed by atoms with van der Waals surface area (Å²) >= 11 is 3.53. The molecule has 5 nitrogen and oxygen atoms in total. The van der Waals surface area contributed by atoms with E-state index in [2.05, 4.69) is 35.5 Å². The fourth-order valence-electron chi connectivity index (χ4n) is 0.497. The van der Waals surface area contributed by atoms with E-state index < -0.39 is 7.25 Å². The molecule has 0 unspecified atom stereocenters. The Morgan fingerprint density at radius 3 is 1.64 bits per heavy atom. The van der Waals surface area contributed by atoms with E-state index in [1.807, 2.05) is 33.1 Å². The minimum absolute atomic E-state index is 0.0126. The molecule has 0 aliphatic rings. The first-order valence-corrected chi connectivity index (χ1v) is 5.42. The second kappa shape index (κ2) is 28.5. The molecule has 3 radical (unpaired) electrons. The summed E-state index contributed by atoms with van der Waals surface area (Å²) in [6.07, 6.45) is 5.80. The van der Waals surface area contributed by atoms with Crippen molar-refractivity contribution >= 4 is 12.0 Å². The summed E-state index contributed by atoms with van der Waals surface area (Å²) in [5.41, 5.74) is 0. The second-order valence-corrected chi connectivity index (χ2v) is 2.92. The molecule has 11 heteroatoms. The zero-order chi connectivity index (χ0) is 19.2. The Hall–Kier alpha value is -0.686. The first kappa shape index (κ1) is 33.0. The monoisotopic (exact) mass is 368 g/mol.